The summed E-state index contributed by atoms with van der Waals surface area (Å²) in [6.45, 7) is 3.76. The van der Waals surface area contributed by atoms with Crippen LogP contribution in [-0.4, -0.2) is 52.2 Å². The minimum absolute atomic E-state index is 0.627. The molecule has 4 rings (SSSR count). The highest BCUT2D eigenvalue weighted by molar-refractivity contribution is 7.80. The molecule has 1 aromatic heterocycles. The second-order valence-electron chi connectivity index (χ2n) is 6.75. The maximum atomic E-state index is 5.65. The van der Waals surface area contributed by atoms with Crippen molar-refractivity contribution in [1.29, 1.82) is 0 Å². The molecule has 0 amide bonds. The lowest BCUT2D eigenvalue weighted by molar-refractivity contribution is 0.344. The lowest BCUT2D eigenvalue weighted by atomic mass is 9.95. The zero-order valence-electron chi connectivity index (χ0n) is 12.8. The van der Waals surface area contributed by atoms with Gasteiger partial charge in [-0.3, -0.25) is 0 Å². The monoisotopic (exact) mass is 317 g/mol. The maximum Gasteiger partial charge on any atom is 0.225 e. The Balaban J connectivity index is 1.29. The molecule has 118 valence electrons. The Morgan fingerprint density at radius 2 is 1.86 bits per heavy atom. The van der Waals surface area contributed by atoms with E-state index in [0.29, 0.717) is 6.04 Å². The lowest BCUT2D eigenvalue weighted by Gasteiger charge is -2.37. The van der Waals surface area contributed by atoms with Crippen molar-refractivity contribution in [1.82, 2.24) is 20.2 Å². The number of anilines is 1. The molecular formula is C16H23N5S. The van der Waals surface area contributed by atoms with Gasteiger partial charge in [0.15, 0.2) is 5.11 Å². The first-order valence-electron chi connectivity index (χ1n) is 8.37. The average Bonchev–Trinajstić information content (AvgIpc) is 3.19. The van der Waals surface area contributed by atoms with E-state index in [0.717, 1.165) is 49.1 Å². The summed E-state index contributed by atoms with van der Waals surface area (Å²) in [4.78, 5) is 13.2. The highest BCUT2D eigenvalue weighted by Crippen LogP contribution is 2.44. The molecule has 2 aliphatic carbocycles. The molecule has 2 bridgehead atoms. The van der Waals surface area contributed by atoms with Crippen molar-refractivity contribution in [3.8, 4) is 0 Å². The van der Waals surface area contributed by atoms with Gasteiger partial charge in [-0.15, -0.1) is 0 Å². The molecule has 3 fully saturated rings. The van der Waals surface area contributed by atoms with Gasteiger partial charge in [-0.1, -0.05) is 6.42 Å². The molecule has 0 spiro atoms. The molecule has 0 aromatic carbocycles. The fourth-order valence-corrected chi connectivity index (χ4v) is 4.57. The number of rotatable bonds is 2. The minimum atomic E-state index is 0.627. The number of thiocarbonyl (C=S) groups is 1. The molecule has 3 aliphatic rings. The van der Waals surface area contributed by atoms with Crippen molar-refractivity contribution < 1.29 is 0 Å². The van der Waals surface area contributed by atoms with Crippen LogP contribution in [0.4, 0.5) is 5.95 Å². The quantitative estimate of drug-likeness (QED) is 0.837. The van der Waals surface area contributed by atoms with Crippen molar-refractivity contribution in [2.24, 2.45) is 11.8 Å². The van der Waals surface area contributed by atoms with Gasteiger partial charge in [-0.25, -0.2) is 9.97 Å². The Labute approximate surface area is 137 Å². The highest BCUT2D eigenvalue weighted by atomic mass is 32.1. The predicted molar refractivity (Wildman–Crippen MR) is 90.8 cm³/mol. The number of piperazine rings is 1. The molecule has 1 aliphatic heterocycles. The molecule has 0 radical (unpaired) electrons. The Bertz CT molecular complexity index is 529. The van der Waals surface area contributed by atoms with Crippen molar-refractivity contribution in [2.45, 2.75) is 31.7 Å². The first-order valence-corrected chi connectivity index (χ1v) is 8.78. The van der Waals surface area contributed by atoms with E-state index >= 15 is 0 Å². The number of nitrogens with zero attached hydrogens (tertiary/aromatic N) is 4. The van der Waals surface area contributed by atoms with E-state index in [4.69, 9.17) is 12.2 Å². The number of hydrogen-bond acceptors (Lipinski definition) is 4. The summed E-state index contributed by atoms with van der Waals surface area (Å²) in [5, 5.41) is 4.59. The second kappa shape index (κ2) is 5.99. The van der Waals surface area contributed by atoms with Crippen LogP contribution in [0.3, 0.4) is 0 Å². The molecule has 0 unspecified atom stereocenters. The van der Waals surface area contributed by atoms with Crippen LogP contribution < -0.4 is 10.2 Å². The summed E-state index contributed by atoms with van der Waals surface area (Å²) >= 11 is 5.65. The fraction of sp³-hybridized carbons (Fsp3) is 0.688. The van der Waals surface area contributed by atoms with Gasteiger partial charge in [0.2, 0.25) is 5.95 Å². The Morgan fingerprint density at radius 1 is 1.09 bits per heavy atom. The summed E-state index contributed by atoms with van der Waals surface area (Å²) < 4.78 is 0. The van der Waals surface area contributed by atoms with Gasteiger partial charge in [-0.2, -0.15) is 0 Å². The number of hydrogen-bond donors (Lipinski definition) is 1. The zero-order valence-corrected chi connectivity index (χ0v) is 13.6. The van der Waals surface area contributed by atoms with Gasteiger partial charge in [0.25, 0.3) is 0 Å². The normalized spacial score (nSPS) is 30.6. The number of fused-ring (bicyclic) bond motifs is 2. The third-order valence-electron chi connectivity index (χ3n) is 5.45. The van der Waals surface area contributed by atoms with E-state index in [9.17, 15) is 0 Å². The van der Waals surface area contributed by atoms with Crippen LogP contribution in [0.5, 0.6) is 0 Å². The van der Waals surface area contributed by atoms with E-state index in [1.807, 2.05) is 6.07 Å². The first kappa shape index (κ1) is 14.2. The maximum absolute atomic E-state index is 5.65. The van der Waals surface area contributed by atoms with Crippen LogP contribution >= 0.6 is 12.2 Å². The lowest BCUT2D eigenvalue weighted by Crippen LogP contribution is -2.54. The van der Waals surface area contributed by atoms with E-state index in [-0.39, 0.29) is 0 Å². The van der Waals surface area contributed by atoms with Crippen molar-refractivity contribution >= 4 is 23.3 Å². The SMILES string of the molecule is S=C(N[C@@H]1C[C@H]2CC[C@@H]1C2)N1CCN(c2ncccn2)CC1. The van der Waals surface area contributed by atoms with Crippen LogP contribution in [-0.2, 0) is 0 Å². The van der Waals surface area contributed by atoms with E-state index in [1.165, 1.54) is 25.7 Å². The van der Waals surface area contributed by atoms with Gasteiger partial charge in [-0.05, 0) is 49.4 Å². The third kappa shape index (κ3) is 2.76. The molecule has 1 aromatic rings. The van der Waals surface area contributed by atoms with Crippen molar-refractivity contribution in [3.63, 3.8) is 0 Å². The largest absolute Gasteiger partial charge is 0.360 e. The fourth-order valence-electron chi connectivity index (χ4n) is 4.24. The number of aromatic nitrogens is 2. The second-order valence-corrected chi connectivity index (χ2v) is 7.14. The van der Waals surface area contributed by atoms with Crippen molar-refractivity contribution in [3.05, 3.63) is 18.5 Å². The standard InChI is InChI=1S/C16H23N5S/c22-16(19-14-11-12-2-3-13(14)10-12)21-8-6-20(7-9-21)15-17-4-1-5-18-15/h1,4-5,12-14H,2-3,6-11H2,(H,19,22)/t12-,13+,14+/m0/s1. The third-order valence-corrected chi connectivity index (χ3v) is 5.82. The molecule has 2 saturated carbocycles. The molecule has 1 saturated heterocycles. The Hall–Kier alpha value is -1.43. The molecule has 6 heteroatoms. The predicted octanol–water partition coefficient (Wildman–Crippen LogP) is 1.66. The van der Waals surface area contributed by atoms with Gasteiger partial charge in [0.05, 0.1) is 0 Å². The van der Waals surface area contributed by atoms with Crippen LogP contribution in [0.2, 0.25) is 0 Å². The minimum Gasteiger partial charge on any atom is -0.360 e. The Morgan fingerprint density at radius 3 is 2.50 bits per heavy atom. The summed E-state index contributed by atoms with van der Waals surface area (Å²) in [5.41, 5.74) is 0. The summed E-state index contributed by atoms with van der Waals surface area (Å²) in [6, 6.07) is 2.48. The van der Waals surface area contributed by atoms with Crippen LogP contribution in [0.1, 0.15) is 25.7 Å². The summed E-state index contributed by atoms with van der Waals surface area (Å²) in [5.74, 6) is 2.65. The first-order chi connectivity index (χ1) is 10.8. The van der Waals surface area contributed by atoms with E-state index in [2.05, 4.69) is 25.1 Å². The van der Waals surface area contributed by atoms with Crippen molar-refractivity contribution in [2.75, 3.05) is 31.1 Å². The molecule has 1 N–H and O–H groups in total. The zero-order chi connectivity index (χ0) is 14.9. The van der Waals surface area contributed by atoms with Crippen LogP contribution in [0.25, 0.3) is 0 Å². The van der Waals surface area contributed by atoms with Gasteiger partial charge in [0, 0.05) is 44.6 Å². The Kier molecular flexibility index (Phi) is 3.86. The summed E-state index contributed by atoms with van der Waals surface area (Å²) in [7, 11) is 0. The molecular weight excluding hydrogens is 294 g/mol. The van der Waals surface area contributed by atoms with E-state index < -0.39 is 0 Å². The van der Waals surface area contributed by atoms with Crippen LogP contribution in [0.15, 0.2) is 18.5 Å². The number of nitrogens with one attached hydrogen (secondary N) is 1. The topological polar surface area (TPSA) is 44.3 Å². The van der Waals surface area contributed by atoms with Gasteiger partial charge >= 0.3 is 0 Å². The van der Waals surface area contributed by atoms with Gasteiger partial charge < -0.3 is 15.1 Å². The smallest absolute Gasteiger partial charge is 0.225 e. The molecule has 3 atom stereocenters. The van der Waals surface area contributed by atoms with E-state index in [1.54, 1.807) is 12.4 Å². The average molecular weight is 317 g/mol. The van der Waals surface area contributed by atoms with Crippen LogP contribution in [0, 0.1) is 11.8 Å². The molecule has 22 heavy (non-hydrogen) atoms. The summed E-state index contributed by atoms with van der Waals surface area (Å²) in [6.07, 6.45) is 9.17. The van der Waals surface area contributed by atoms with Gasteiger partial charge in [0.1, 0.15) is 0 Å². The highest BCUT2D eigenvalue weighted by Gasteiger charge is 2.40. The molecule has 2 heterocycles. The molecule has 5 nitrogen and oxygen atoms in total.